The van der Waals surface area contributed by atoms with E-state index in [1.807, 2.05) is 13.2 Å². The zero-order valence-electron chi connectivity index (χ0n) is 11.1. The van der Waals surface area contributed by atoms with Crippen molar-refractivity contribution in [1.82, 2.24) is 0 Å². The summed E-state index contributed by atoms with van der Waals surface area (Å²) in [6, 6.07) is 5.38. The van der Waals surface area contributed by atoms with Gasteiger partial charge in [-0.3, -0.25) is 0 Å². The molecule has 0 heterocycles. The zero-order chi connectivity index (χ0) is 14.1. The molecule has 104 valence electrons. The minimum Gasteiger partial charge on any atom is -0.490 e. The lowest BCUT2D eigenvalue weighted by Gasteiger charge is -2.12. The average Bonchev–Trinajstić information content (AvgIpc) is 2.39. The molecule has 0 saturated heterocycles. The van der Waals surface area contributed by atoms with Gasteiger partial charge in [-0.1, -0.05) is 6.07 Å². The number of aliphatic carboxylic acids is 1. The fourth-order valence-corrected chi connectivity index (χ4v) is 1.67. The minimum atomic E-state index is -0.974. The Labute approximate surface area is 117 Å². The van der Waals surface area contributed by atoms with Gasteiger partial charge in [0.25, 0.3) is 0 Å². The van der Waals surface area contributed by atoms with Crippen LogP contribution < -0.4 is 9.47 Å². The Morgan fingerprint density at radius 2 is 2.16 bits per heavy atom. The van der Waals surface area contributed by atoms with Crippen LogP contribution in [0, 0.1) is 0 Å². The van der Waals surface area contributed by atoms with Gasteiger partial charge in [0.15, 0.2) is 11.5 Å². The first-order chi connectivity index (χ1) is 9.17. The first-order valence-electron chi connectivity index (χ1n) is 5.97. The van der Waals surface area contributed by atoms with Gasteiger partial charge >= 0.3 is 5.97 Å². The molecule has 0 amide bonds. The third kappa shape index (κ3) is 5.70. The molecule has 19 heavy (non-hydrogen) atoms. The number of carbonyl (C=O) groups is 1. The number of ether oxygens (including phenoxy) is 2. The molecular formula is C14H18O4S. The maximum absolute atomic E-state index is 10.5. The molecule has 0 aliphatic heterocycles. The highest BCUT2D eigenvalue weighted by Crippen LogP contribution is 2.29. The molecule has 0 unspecified atom stereocenters. The predicted octanol–water partition coefficient (Wildman–Crippen LogP) is 2.92. The van der Waals surface area contributed by atoms with Crippen molar-refractivity contribution in [3.63, 3.8) is 0 Å². The lowest BCUT2D eigenvalue weighted by Crippen LogP contribution is -2.02. The van der Waals surface area contributed by atoms with Crippen molar-refractivity contribution in [3.8, 4) is 11.5 Å². The van der Waals surface area contributed by atoms with E-state index in [4.69, 9.17) is 14.6 Å². The molecule has 0 saturated carbocycles. The van der Waals surface area contributed by atoms with E-state index in [2.05, 4.69) is 0 Å². The van der Waals surface area contributed by atoms with Gasteiger partial charge in [-0.2, -0.15) is 11.8 Å². The maximum atomic E-state index is 10.5. The first kappa shape index (κ1) is 15.4. The Balaban J connectivity index is 2.84. The van der Waals surface area contributed by atoms with Crippen molar-refractivity contribution in [2.24, 2.45) is 0 Å². The second-order valence-electron chi connectivity index (χ2n) is 3.65. The van der Waals surface area contributed by atoms with E-state index < -0.39 is 5.97 Å². The van der Waals surface area contributed by atoms with Crippen LogP contribution in [0.15, 0.2) is 24.3 Å². The van der Waals surface area contributed by atoms with Crippen LogP contribution in [0.4, 0.5) is 0 Å². The number of benzene rings is 1. The van der Waals surface area contributed by atoms with Gasteiger partial charge in [-0.05, 0) is 37.0 Å². The number of rotatable bonds is 8. The van der Waals surface area contributed by atoms with Crippen molar-refractivity contribution in [2.45, 2.75) is 6.92 Å². The van der Waals surface area contributed by atoms with Crippen LogP contribution in [0.3, 0.4) is 0 Å². The molecule has 0 atom stereocenters. The van der Waals surface area contributed by atoms with E-state index in [-0.39, 0.29) is 0 Å². The summed E-state index contributed by atoms with van der Waals surface area (Å²) < 4.78 is 11.1. The Bertz CT molecular complexity index is 443. The fraction of sp³-hybridized carbons (Fsp3) is 0.357. The normalized spacial score (nSPS) is 10.6. The summed E-state index contributed by atoms with van der Waals surface area (Å²) in [5.74, 6) is 1.25. The summed E-state index contributed by atoms with van der Waals surface area (Å²) in [7, 11) is 0. The molecule has 1 rings (SSSR count). The van der Waals surface area contributed by atoms with E-state index in [1.165, 1.54) is 6.08 Å². The summed E-state index contributed by atoms with van der Waals surface area (Å²) in [5.41, 5.74) is 0.767. The molecular weight excluding hydrogens is 264 g/mol. The Morgan fingerprint density at radius 1 is 1.37 bits per heavy atom. The molecule has 0 fully saturated rings. The van der Waals surface area contributed by atoms with E-state index in [0.717, 1.165) is 17.4 Å². The standard InChI is InChI=1S/C14H18O4S/c1-3-17-13-10-11(5-7-14(15)16)4-6-12(13)18-8-9-19-2/h4-7,10H,3,8-9H2,1-2H3,(H,15,16)/b7-5+. The highest BCUT2D eigenvalue weighted by Gasteiger charge is 2.05. The summed E-state index contributed by atoms with van der Waals surface area (Å²) in [4.78, 5) is 10.5. The summed E-state index contributed by atoms with van der Waals surface area (Å²) in [6.07, 6.45) is 4.64. The van der Waals surface area contributed by atoms with E-state index in [9.17, 15) is 4.79 Å². The number of carboxylic acid groups (broad SMARTS) is 1. The number of carboxylic acids is 1. The fourth-order valence-electron chi connectivity index (χ4n) is 1.42. The Morgan fingerprint density at radius 3 is 2.79 bits per heavy atom. The topological polar surface area (TPSA) is 55.8 Å². The molecule has 0 bridgehead atoms. The predicted molar refractivity (Wildman–Crippen MR) is 78.2 cm³/mol. The van der Waals surface area contributed by atoms with Crippen LogP contribution >= 0.6 is 11.8 Å². The lowest BCUT2D eigenvalue weighted by atomic mass is 10.2. The lowest BCUT2D eigenvalue weighted by molar-refractivity contribution is -0.131. The molecule has 0 aliphatic rings. The molecule has 1 aromatic rings. The van der Waals surface area contributed by atoms with Gasteiger partial charge < -0.3 is 14.6 Å². The monoisotopic (exact) mass is 282 g/mol. The number of hydrogen-bond donors (Lipinski definition) is 1. The number of hydrogen-bond acceptors (Lipinski definition) is 4. The van der Waals surface area contributed by atoms with Gasteiger partial charge in [-0.25, -0.2) is 4.79 Å². The van der Waals surface area contributed by atoms with E-state index >= 15 is 0 Å². The summed E-state index contributed by atoms with van der Waals surface area (Å²) >= 11 is 1.71. The second-order valence-corrected chi connectivity index (χ2v) is 4.64. The third-order valence-corrected chi connectivity index (χ3v) is 2.81. The van der Waals surface area contributed by atoms with Crippen LogP contribution in [0.25, 0.3) is 6.08 Å². The molecule has 0 spiro atoms. The van der Waals surface area contributed by atoms with Crippen molar-refractivity contribution in [1.29, 1.82) is 0 Å². The first-order valence-corrected chi connectivity index (χ1v) is 7.36. The molecule has 5 heteroatoms. The highest BCUT2D eigenvalue weighted by molar-refractivity contribution is 7.98. The van der Waals surface area contributed by atoms with Crippen LogP contribution in [0.1, 0.15) is 12.5 Å². The third-order valence-electron chi connectivity index (χ3n) is 2.23. The molecule has 1 N–H and O–H groups in total. The largest absolute Gasteiger partial charge is 0.490 e. The Kier molecular flexibility index (Phi) is 6.89. The maximum Gasteiger partial charge on any atom is 0.328 e. The minimum absolute atomic E-state index is 0.533. The van der Waals surface area contributed by atoms with Crippen molar-refractivity contribution < 1.29 is 19.4 Å². The van der Waals surface area contributed by atoms with Crippen molar-refractivity contribution in [3.05, 3.63) is 29.8 Å². The van der Waals surface area contributed by atoms with E-state index in [1.54, 1.807) is 30.0 Å². The summed E-state index contributed by atoms with van der Waals surface area (Å²) in [5, 5.41) is 8.60. The second kappa shape index (κ2) is 8.48. The molecule has 0 radical (unpaired) electrons. The van der Waals surface area contributed by atoms with Gasteiger partial charge in [-0.15, -0.1) is 0 Å². The van der Waals surface area contributed by atoms with Crippen molar-refractivity contribution >= 4 is 23.8 Å². The van der Waals surface area contributed by atoms with Crippen LogP contribution in [-0.2, 0) is 4.79 Å². The van der Waals surface area contributed by atoms with Gasteiger partial charge in [0.1, 0.15) is 0 Å². The van der Waals surface area contributed by atoms with Gasteiger partial charge in [0.05, 0.1) is 13.2 Å². The van der Waals surface area contributed by atoms with Crippen LogP contribution in [-0.4, -0.2) is 36.3 Å². The van der Waals surface area contributed by atoms with Crippen LogP contribution in [0.5, 0.6) is 11.5 Å². The summed E-state index contributed by atoms with van der Waals surface area (Å²) in [6.45, 7) is 3.04. The van der Waals surface area contributed by atoms with E-state index in [0.29, 0.717) is 24.7 Å². The quantitative estimate of drug-likeness (QED) is 0.587. The average molecular weight is 282 g/mol. The van der Waals surface area contributed by atoms with Crippen LogP contribution in [0.2, 0.25) is 0 Å². The molecule has 4 nitrogen and oxygen atoms in total. The zero-order valence-corrected chi connectivity index (χ0v) is 11.9. The molecule has 1 aromatic carbocycles. The Hall–Kier alpha value is -1.62. The smallest absolute Gasteiger partial charge is 0.328 e. The number of thioether (sulfide) groups is 1. The van der Waals surface area contributed by atoms with Gasteiger partial charge in [0, 0.05) is 11.8 Å². The van der Waals surface area contributed by atoms with Gasteiger partial charge in [0.2, 0.25) is 0 Å². The SMILES string of the molecule is CCOc1cc(/C=C/C(=O)O)ccc1OCCSC. The van der Waals surface area contributed by atoms with Crippen molar-refractivity contribution in [2.75, 3.05) is 25.2 Å². The molecule has 0 aromatic heterocycles. The highest BCUT2D eigenvalue weighted by atomic mass is 32.2. The molecule has 0 aliphatic carbocycles.